The number of aromatic nitrogens is 3. The van der Waals surface area contributed by atoms with Crippen LogP contribution < -0.4 is 5.32 Å². The summed E-state index contributed by atoms with van der Waals surface area (Å²) < 4.78 is 0. The van der Waals surface area contributed by atoms with Crippen LogP contribution in [0.5, 0.6) is 0 Å². The van der Waals surface area contributed by atoms with Gasteiger partial charge in [-0.05, 0) is 12.8 Å². The zero-order chi connectivity index (χ0) is 11.4. The standard InChI is InChI=1S/C10H13N5O/c11-7-10(4-2-1-3-5-10)13-9(16)8-6-12-15-14-8/h6H,1-5H2,(H,13,16)(H,12,14,15). The first kappa shape index (κ1) is 10.6. The maximum absolute atomic E-state index is 11.8. The van der Waals surface area contributed by atoms with Gasteiger partial charge in [0.15, 0.2) is 5.69 Å². The largest absolute Gasteiger partial charge is 0.332 e. The lowest BCUT2D eigenvalue weighted by Gasteiger charge is -2.31. The molecule has 0 aliphatic heterocycles. The van der Waals surface area contributed by atoms with Crippen LogP contribution in [0.3, 0.4) is 0 Å². The number of hydrogen-bond donors (Lipinski definition) is 2. The number of aromatic amines is 1. The molecule has 0 saturated heterocycles. The molecule has 0 spiro atoms. The lowest BCUT2D eigenvalue weighted by molar-refractivity contribution is 0.0897. The third-order valence-corrected chi connectivity index (χ3v) is 2.92. The summed E-state index contributed by atoms with van der Waals surface area (Å²) >= 11 is 0. The van der Waals surface area contributed by atoms with Gasteiger partial charge in [0.1, 0.15) is 5.54 Å². The SMILES string of the molecule is N#CC1(NC(=O)c2cn[nH]n2)CCCCC1. The molecule has 6 nitrogen and oxygen atoms in total. The highest BCUT2D eigenvalue weighted by molar-refractivity contribution is 5.92. The van der Waals surface area contributed by atoms with Crippen molar-refractivity contribution in [1.29, 1.82) is 5.26 Å². The maximum Gasteiger partial charge on any atom is 0.274 e. The van der Waals surface area contributed by atoms with E-state index in [0.717, 1.165) is 19.3 Å². The fourth-order valence-corrected chi connectivity index (χ4v) is 2.01. The number of carbonyl (C=O) groups excluding carboxylic acids is 1. The molecule has 6 heteroatoms. The van der Waals surface area contributed by atoms with Gasteiger partial charge in [-0.2, -0.15) is 20.7 Å². The first-order chi connectivity index (χ1) is 7.76. The number of carbonyl (C=O) groups is 1. The molecule has 0 aromatic carbocycles. The summed E-state index contributed by atoms with van der Waals surface area (Å²) in [7, 11) is 0. The third kappa shape index (κ3) is 2.03. The molecule has 0 radical (unpaired) electrons. The third-order valence-electron chi connectivity index (χ3n) is 2.92. The molecule has 2 rings (SSSR count). The van der Waals surface area contributed by atoms with E-state index in [1.54, 1.807) is 0 Å². The minimum atomic E-state index is -0.714. The molecule has 1 fully saturated rings. The minimum Gasteiger partial charge on any atom is -0.332 e. The summed E-state index contributed by atoms with van der Waals surface area (Å²) in [6.07, 6.45) is 5.87. The van der Waals surface area contributed by atoms with Crippen molar-refractivity contribution < 1.29 is 4.79 Å². The lowest BCUT2D eigenvalue weighted by atomic mass is 9.83. The fourth-order valence-electron chi connectivity index (χ4n) is 2.01. The Morgan fingerprint density at radius 3 is 2.81 bits per heavy atom. The summed E-state index contributed by atoms with van der Waals surface area (Å²) in [6, 6.07) is 2.22. The molecule has 1 amide bonds. The van der Waals surface area contributed by atoms with Gasteiger partial charge in [0.05, 0.1) is 12.3 Å². The van der Waals surface area contributed by atoms with E-state index in [1.165, 1.54) is 6.20 Å². The second kappa shape index (κ2) is 4.31. The van der Waals surface area contributed by atoms with Crippen molar-refractivity contribution in [3.8, 4) is 6.07 Å². The van der Waals surface area contributed by atoms with E-state index in [4.69, 9.17) is 0 Å². The van der Waals surface area contributed by atoms with Gasteiger partial charge in [-0.15, -0.1) is 0 Å². The molecular weight excluding hydrogens is 206 g/mol. The number of nitrogens with one attached hydrogen (secondary N) is 2. The Labute approximate surface area is 93.0 Å². The van der Waals surface area contributed by atoms with Crippen LogP contribution in [0.25, 0.3) is 0 Å². The first-order valence-electron chi connectivity index (χ1n) is 5.35. The first-order valence-corrected chi connectivity index (χ1v) is 5.35. The highest BCUT2D eigenvalue weighted by atomic mass is 16.2. The van der Waals surface area contributed by atoms with Crippen LogP contribution in [0.1, 0.15) is 42.6 Å². The summed E-state index contributed by atoms with van der Waals surface area (Å²) in [5, 5.41) is 21.6. The Bertz CT molecular complexity index is 399. The minimum absolute atomic E-state index is 0.222. The van der Waals surface area contributed by atoms with Crippen molar-refractivity contribution in [2.75, 3.05) is 0 Å². The van der Waals surface area contributed by atoms with Crippen LogP contribution in [0.15, 0.2) is 6.20 Å². The molecule has 16 heavy (non-hydrogen) atoms. The molecule has 1 aromatic heterocycles. The Morgan fingerprint density at radius 1 is 1.50 bits per heavy atom. The molecule has 1 saturated carbocycles. The van der Waals surface area contributed by atoms with E-state index in [2.05, 4.69) is 26.8 Å². The van der Waals surface area contributed by atoms with E-state index >= 15 is 0 Å². The van der Waals surface area contributed by atoms with Crippen molar-refractivity contribution in [2.45, 2.75) is 37.6 Å². The van der Waals surface area contributed by atoms with Gasteiger partial charge in [-0.1, -0.05) is 19.3 Å². The van der Waals surface area contributed by atoms with Gasteiger partial charge in [-0.25, -0.2) is 0 Å². The van der Waals surface area contributed by atoms with Crippen molar-refractivity contribution >= 4 is 5.91 Å². The van der Waals surface area contributed by atoms with Gasteiger partial charge >= 0.3 is 0 Å². The van der Waals surface area contributed by atoms with E-state index in [1.807, 2.05) is 0 Å². The second-order valence-corrected chi connectivity index (χ2v) is 4.06. The molecule has 0 unspecified atom stereocenters. The molecule has 0 atom stereocenters. The van der Waals surface area contributed by atoms with Crippen LogP contribution in [0, 0.1) is 11.3 Å². The number of hydrogen-bond acceptors (Lipinski definition) is 4. The van der Waals surface area contributed by atoms with Crippen molar-refractivity contribution in [2.24, 2.45) is 0 Å². The van der Waals surface area contributed by atoms with Crippen LogP contribution in [-0.4, -0.2) is 26.9 Å². The van der Waals surface area contributed by atoms with Crippen LogP contribution in [0.2, 0.25) is 0 Å². The Balaban J connectivity index is 2.07. The lowest BCUT2D eigenvalue weighted by Crippen LogP contribution is -2.48. The number of rotatable bonds is 2. The Hall–Kier alpha value is -1.90. The molecule has 1 aliphatic rings. The van der Waals surface area contributed by atoms with Crippen molar-refractivity contribution in [3.05, 3.63) is 11.9 Å². The smallest absolute Gasteiger partial charge is 0.274 e. The molecule has 1 aromatic rings. The quantitative estimate of drug-likeness (QED) is 0.767. The average molecular weight is 219 g/mol. The highest BCUT2D eigenvalue weighted by Gasteiger charge is 2.34. The number of nitriles is 1. The van der Waals surface area contributed by atoms with Crippen LogP contribution in [0.4, 0.5) is 0 Å². The van der Waals surface area contributed by atoms with Crippen molar-refractivity contribution in [3.63, 3.8) is 0 Å². The normalized spacial score (nSPS) is 18.7. The van der Waals surface area contributed by atoms with Crippen LogP contribution in [-0.2, 0) is 0 Å². The fraction of sp³-hybridized carbons (Fsp3) is 0.600. The van der Waals surface area contributed by atoms with Gasteiger partial charge in [-0.3, -0.25) is 4.79 Å². The van der Waals surface area contributed by atoms with E-state index in [9.17, 15) is 10.1 Å². The maximum atomic E-state index is 11.8. The van der Waals surface area contributed by atoms with Crippen LogP contribution >= 0.6 is 0 Å². The van der Waals surface area contributed by atoms with Gasteiger partial charge in [0, 0.05) is 0 Å². The second-order valence-electron chi connectivity index (χ2n) is 4.06. The summed E-state index contributed by atoms with van der Waals surface area (Å²) in [5.74, 6) is -0.336. The van der Waals surface area contributed by atoms with E-state index in [0.29, 0.717) is 12.8 Å². The molecular formula is C10H13N5O. The Kier molecular flexibility index (Phi) is 2.86. The van der Waals surface area contributed by atoms with Gasteiger partial charge in [0.25, 0.3) is 5.91 Å². The monoisotopic (exact) mass is 219 g/mol. The molecule has 0 bridgehead atoms. The highest BCUT2D eigenvalue weighted by Crippen LogP contribution is 2.27. The van der Waals surface area contributed by atoms with E-state index < -0.39 is 5.54 Å². The average Bonchev–Trinajstić information content (AvgIpc) is 2.84. The zero-order valence-electron chi connectivity index (χ0n) is 8.86. The Morgan fingerprint density at radius 2 is 2.25 bits per heavy atom. The van der Waals surface area contributed by atoms with Gasteiger partial charge < -0.3 is 5.32 Å². The number of nitrogens with zero attached hydrogens (tertiary/aromatic N) is 3. The topological polar surface area (TPSA) is 94.5 Å². The molecule has 2 N–H and O–H groups in total. The zero-order valence-corrected chi connectivity index (χ0v) is 8.86. The molecule has 1 heterocycles. The predicted molar refractivity (Wildman–Crippen MR) is 55.3 cm³/mol. The number of amides is 1. The summed E-state index contributed by atoms with van der Waals surface area (Å²) in [5.41, 5.74) is -0.492. The number of H-pyrrole nitrogens is 1. The molecule has 84 valence electrons. The summed E-state index contributed by atoms with van der Waals surface area (Å²) in [6.45, 7) is 0. The van der Waals surface area contributed by atoms with E-state index in [-0.39, 0.29) is 11.6 Å². The predicted octanol–water partition coefficient (Wildman–Crippen LogP) is 0.761. The summed E-state index contributed by atoms with van der Waals surface area (Å²) in [4.78, 5) is 11.8. The molecule has 1 aliphatic carbocycles. The van der Waals surface area contributed by atoms with Crippen molar-refractivity contribution in [1.82, 2.24) is 20.7 Å². The van der Waals surface area contributed by atoms with Gasteiger partial charge in [0.2, 0.25) is 0 Å².